The summed E-state index contributed by atoms with van der Waals surface area (Å²) in [7, 11) is 0. The lowest BCUT2D eigenvalue weighted by Crippen LogP contribution is -2.09. The lowest BCUT2D eigenvalue weighted by atomic mass is 10.3. The third-order valence-corrected chi connectivity index (χ3v) is 1.24. The first kappa shape index (κ1) is 8.13. The summed E-state index contributed by atoms with van der Waals surface area (Å²) in [6.45, 7) is 0.382. The van der Waals surface area contributed by atoms with E-state index < -0.39 is 5.92 Å². The second-order valence-corrected chi connectivity index (χ2v) is 2.27. The van der Waals surface area contributed by atoms with Gasteiger partial charge in [0.15, 0.2) is 0 Å². The Morgan fingerprint density at radius 3 is 2.64 bits per heavy atom. The van der Waals surface area contributed by atoms with E-state index in [1.54, 1.807) is 0 Å². The Kier molecular flexibility index (Phi) is 1.90. The van der Waals surface area contributed by atoms with Crippen LogP contribution in [0.3, 0.4) is 0 Å². The standard InChI is InChI=1S/C6H8F2N2O/c1-6(7,8)5-2-3-10(4-11)9-5/h2-3,11H,4H2,1H3. The van der Waals surface area contributed by atoms with Crippen molar-refractivity contribution in [1.29, 1.82) is 0 Å². The van der Waals surface area contributed by atoms with Gasteiger partial charge in [0.25, 0.3) is 5.92 Å². The minimum absolute atomic E-state index is 0.327. The lowest BCUT2D eigenvalue weighted by molar-refractivity contribution is 0.0114. The van der Waals surface area contributed by atoms with Crippen molar-refractivity contribution in [2.24, 2.45) is 0 Å². The number of aromatic nitrogens is 2. The Bertz CT molecular complexity index is 241. The molecule has 0 saturated heterocycles. The average Bonchev–Trinajstić information content (AvgIpc) is 2.32. The maximum Gasteiger partial charge on any atom is 0.288 e. The average molecular weight is 162 g/mol. The molecule has 0 aliphatic heterocycles. The molecule has 0 radical (unpaired) electrons. The molecule has 1 heterocycles. The molecule has 5 heteroatoms. The van der Waals surface area contributed by atoms with Crippen molar-refractivity contribution in [2.75, 3.05) is 0 Å². The molecule has 0 spiro atoms. The number of hydrogen-bond donors (Lipinski definition) is 1. The molecule has 0 bridgehead atoms. The molecule has 62 valence electrons. The fraction of sp³-hybridized carbons (Fsp3) is 0.500. The largest absolute Gasteiger partial charge is 0.374 e. The van der Waals surface area contributed by atoms with Crippen molar-refractivity contribution in [2.45, 2.75) is 19.6 Å². The highest BCUT2D eigenvalue weighted by Gasteiger charge is 2.26. The Morgan fingerprint density at radius 1 is 1.73 bits per heavy atom. The van der Waals surface area contributed by atoms with Crippen LogP contribution < -0.4 is 0 Å². The van der Waals surface area contributed by atoms with Gasteiger partial charge in [-0.15, -0.1) is 0 Å². The highest BCUT2D eigenvalue weighted by atomic mass is 19.3. The summed E-state index contributed by atoms with van der Waals surface area (Å²) in [5.74, 6) is -2.93. The van der Waals surface area contributed by atoms with Gasteiger partial charge in [0.1, 0.15) is 12.4 Å². The quantitative estimate of drug-likeness (QED) is 0.702. The Hall–Kier alpha value is -0.970. The molecule has 1 aromatic rings. The monoisotopic (exact) mass is 162 g/mol. The Balaban J connectivity index is 2.89. The Morgan fingerprint density at radius 2 is 2.36 bits per heavy atom. The summed E-state index contributed by atoms with van der Waals surface area (Å²) in [6.07, 6.45) is 1.30. The van der Waals surface area contributed by atoms with E-state index in [4.69, 9.17) is 5.11 Å². The molecule has 1 rings (SSSR count). The van der Waals surface area contributed by atoms with Crippen LogP contribution in [0.15, 0.2) is 12.3 Å². The highest BCUT2D eigenvalue weighted by molar-refractivity contribution is 5.04. The number of aliphatic hydroxyl groups excluding tert-OH is 1. The topological polar surface area (TPSA) is 38.0 Å². The molecule has 3 nitrogen and oxygen atoms in total. The molecule has 0 aliphatic rings. The van der Waals surface area contributed by atoms with Crippen LogP contribution in [0.25, 0.3) is 0 Å². The Labute approximate surface area is 62.3 Å². The second-order valence-electron chi connectivity index (χ2n) is 2.27. The van der Waals surface area contributed by atoms with Crippen molar-refractivity contribution < 1.29 is 13.9 Å². The van der Waals surface area contributed by atoms with Crippen LogP contribution in [0.5, 0.6) is 0 Å². The van der Waals surface area contributed by atoms with Gasteiger partial charge in [-0.05, 0) is 6.07 Å². The van der Waals surface area contributed by atoms with E-state index in [1.165, 1.54) is 12.3 Å². The normalized spacial score (nSPS) is 12.0. The summed E-state index contributed by atoms with van der Waals surface area (Å²) in [5, 5.41) is 11.9. The van der Waals surface area contributed by atoms with Gasteiger partial charge in [0.2, 0.25) is 0 Å². The molecule has 0 fully saturated rings. The third kappa shape index (κ3) is 1.74. The van der Waals surface area contributed by atoms with Gasteiger partial charge in [-0.1, -0.05) is 0 Å². The van der Waals surface area contributed by atoms with Gasteiger partial charge >= 0.3 is 0 Å². The van der Waals surface area contributed by atoms with E-state index in [0.29, 0.717) is 0 Å². The molecular formula is C6H8F2N2O. The summed E-state index contributed by atoms with van der Waals surface area (Å²) >= 11 is 0. The van der Waals surface area contributed by atoms with Crippen molar-refractivity contribution in [3.63, 3.8) is 0 Å². The van der Waals surface area contributed by atoms with Crippen LogP contribution >= 0.6 is 0 Å². The van der Waals surface area contributed by atoms with Gasteiger partial charge in [0, 0.05) is 13.1 Å². The molecule has 1 aromatic heterocycles. The molecule has 0 aliphatic carbocycles. The van der Waals surface area contributed by atoms with E-state index in [-0.39, 0.29) is 12.4 Å². The van der Waals surface area contributed by atoms with Crippen molar-refractivity contribution in [1.82, 2.24) is 9.78 Å². The van der Waals surface area contributed by atoms with Crippen LogP contribution in [-0.2, 0) is 12.7 Å². The van der Waals surface area contributed by atoms with E-state index in [9.17, 15) is 8.78 Å². The van der Waals surface area contributed by atoms with Gasteiger partial charge in [-0.3, -0.25) is 0 Å². The smallest absolute Gasteiger partial charge is 0.288 e. The van der Waals surface area contributed by atoms with E-state index in [2.05, 4.69) is 5.10 Å². The predicted octanol–water partition coefficient (Wildman–Crippen LogP) is 0.945. The second kappa shape index (κ2) is 2.58. The molecule has 0 saturated carbocycles. The maximum absolute atomic E-state index is 12.4. The van der Waals surface area contributed by atoms with Crippen LogP contribution in [0, 0.1) is 0 Å². The first-order valence-corrected chi connectivity index (χ1v) is 3.06. The molecule has 11 heavy (non-hydrogen) atoms. The summed E-state index contributed by atoms with van der Waals surface area (Å²) in [5.41, 5.74) is -0.327. The van der Waals surface area contributed by atoms with E-state index >= 15 is 0 Å². The van der Waals surface area contributed by atoms with Gasteiger partial charge < -0.3 is 5.11 Å². The minimum atomic E-state index is -2.93. The maximum atomic E-state index is 12.4. The first-order chi connectivity index (χ1) is 5.04. The zero-order valence-electron chi connectivity index (χ0n) is 5.96. The zero-order chi connectivity index (χ0) is 8.48. The number of hydrogen-bond acceptors (Lipinski definition) is 2. The molecule has 0 unspecified atom stereocenters. The van der Waals surface area contributed by atoms with Crippen LogP contribution in [0.4, 0.5) is 8.78 Å². The van der Waals surface area contributed by atoms with Crippen LogP contribution in [0.1, 0.15) is 12.6 Å². The minimum Gasteiger partial charge on any atom is -0.374 e. The van der Waals surface area contributed by atoms with Crippen LogP contribution in [-0.4, -0.2) is 14.9 Å². The highest BCUT2D eigenvalue weighted by Crippen LogP contribution is 2.24. The molecular weight excluding hydrogens is 154 g/mol. The first-order valence-electron chi connectivity index (χ1n) is 3.06. The number of nitrogens with zero attached hydrogens (tertiary/aromatic N) is 2. The molecule has 0 atom stereocenters. The van der Waals surface area contributed by atoms with Gasteiger partial charge in [-0.25, -0.2) is 4.68 Å². The number of rotatable bonds is 2. The molecule has 1 N–H and O–H groups in total. The number of alkyl halides is 2. The van der Waals surface area contributed by atoms with E-state index in [0.717, 1.165) is 11.6 Å². The predicted molar refractivity (Wildman–Crippen MR) is 34.0 cm³/mol. The molecule has 0 amide bonds. The number of aliphatic hydroxyl groups is 1. The van der Waals surface area contributed by atoms with Gasteiger partial charge in [-0.2, -0.15) is 13.9 Å². The lowest BCUT2D eigenvalue weighted by Gasteiger charge is -2.04. The summed E-state index contributed by atoms with van der Waals surface area (Å²) in [4.78, 5) is 0. The molecule has 0 aromatic carbocycles. The van der Waals surface area contributed by atoms with E-state index in [1.807, 2.05) is 0 Å². The third-order valence-electron chi connectivity index (χ3n) is 1.24. The number of halogens is 2. The fourth-order valence-corrected chi connectivity index (χ4v) is 0.675. The summed E-state index contributed by atoms with van der Waals surface area (Å²) in [6, 6.07) is 1.18. The fourth-order valence-electron chi connectivity index (χ4n) is 0.675. The van der Waals surface area contributed by atoms with Crippen LogP contribution in [0.2, 0.25) is 0 Å². The summed E-state index contributed by atoms with van der Waals surface area (Å²) < 4.78 is 25.9. The van der Waals surface area contributed by atoms with Crippen molar-refractivity contribution in [3.8, 4) is 0 Å². The van der Waals surface area contributed by atoms with Crippen molar-refractivity contribution >= 4 is 0 Å². The zero-order valence-corrected chi connectivity index (χ0v) is 5.96. The SMILES string of the molecule is CC(F)(F)c1ccn(CO)n1. The van der Waals surface area contributed by atoms with Gasteiger partial charge in [0.05, 0.1) is 0 Å². The van der Waals surface area contributed by atoms with Crippen molar-refractivity contribution in [3.05, 3.63) is 18.0 Å².